The summed E-state index contributed by atoms with van der Waals surface area (Å²) in [4.78, 5) is 38.6. The Hall–Kier alpha value is -3.03. The number of aliphatic carboxylic acids is 1. The number of carboxylic acid groups (broad SMARTS) is 1. The van der Waals surface area contributed by atoms with E-state index in [1.54, 1.807) is 12.0 Å². The van der Waals surface area contributed by atoms with E-state index < -0.39 is 17.5 Å². The van der Waals surface area contributed by atoms with Crippen molar-refractivity contribution in [3.63, 3.8) is 0 Å². The van der Waals surface area contributed by atoms with Crippen molar-refractivity contribution < 1.29 is 28.6 Å². The first-order valence-electron chi connectivity index (χ1n) is 11.5. The SMILES string of the molecule is COc1cc2c(c3oc(=O)c(CCC(=O)N4CCC[C@@H](C(=O)O)C4)c(C)c13)CCC(C)(C)O2. The molecule has 178 valence electrons. The van der Waals surface area contributed by atoms with Crippen LogP contribution in [-0.2, 0) is 22.4 Å². The molecule has 1 aromatic heterocycles. The minimum atomic E-state index is -0.874. The number of piperidine rings is 1. The van der Waals surface area contributed by atoms with E-state index in [1.165, 1.54) is 0 Å². The molecule has 8 nitrogen and oxygen atoms in total. The first-order valence-corrected chi connectivity index (χ1v) is 11.5. The quantitative estimate of drug-likeness (QED) is 0.685. The number of amides is 1. The van der Waals surface area contributed by atoms with Gasteiger partial charge in [-0.1, -0.05) is 0 Å². The predicted octanol–water partition coefficient (Wildman–Crippen LogP) is 3.47. The standard InChI is InChI=1S/C25H31NO7/c1-14-16(7-8-20(27)26-11-5-6-15(13-26)23(28)29)24(30)32-22-17-9-10-25(2,3)33-18(17)12-19(31-4)21(14)22/h12,15H,5-11,13H2,1-4H3,(H,28,29)/t15-/m1/s1. The lowest BCUT2D eigenvalue weighted by Gasteiger charge is -2.33. The van der Waals surface area contributed by atoms with Gasteiger partial charge in [0.15, 0.2) is 0 Å². The maximum atomic E-state index is 12.9. The highest BCUT2D eigenvalue weighted by Crippen LogP contribution is 2.43. The van der Waals surface area contributed by atoms with E-state index in [0.717, 1.165) is 29.4 Å². The van der Waals surface area contributed by atoms with Gasteiger partial charge in [-0.3, -0.25) is 9.59 Å². The Morgan fingerprint density at radius 2 is 2.09 bits per heavy atom. The van der Waals surface area contributed by atoms with Crippen LogP contribution in [0.25, 0.3) is 11.0 Å². The molecular formula is C25H31NO7. The molecule has 1 amide bonds. The molecule has 2 aromatic rings. The Labute approximate surface area is 192 Å². The minimum Gasteiger partial charge on any atom is -0.496 e. The van der Waals surface area contributed by atoms with Crippen LogP contribution in [-0.4, -0.2) is 47.7 Å². The van der Waals surface area contributed by atoms with Crippen LogP contribution in [0, 0.1) is 12.8 Å². The lowest BCUT2D eigenvalue weighted by molar-refractivity contribution is -0.145. The molecule has 0 spiro atoms. The molecule has 33 heavy (non-hydrogen) atoms. The molecule has 1 atom stereocenters. The fourth-order valence-corrected chi connectivity index (χ4v) is 4.93. The topological polar surface area (TPSA) is 106 Å². The van der Waals surface area contributed by atoms with Gasteiger partial charge in [0.1, 0.15) is 22.7 Å². The number of aryl methyl sites for hydroxylation is 2. The molecule has 1 fully saturated rings. The Kier molecular flexibility index (Phi) is 6.12. The van der Waals surface area contributed by atoms with E-state index in [0.29, 0.717) is 42.0 Å². The molecule has 3 heterocycles. The van der Waals surface area contributed by atoms with E-state index in [1.807, 2.05) is 26.8 Å². The number of fused-ring (bicyclic) bond motifs is 3. The number of hydrogen-bond donors (Lipinski definition) is 1. The van der Waals surface area contributed by atoms with E-state index in [2.05, 4.69) is 0 Å². The highest BCUT2D eigenvalue weighted by molar-refractivity contribution is 5.92. The normalized spacial score (nSPS) is 19.6. The number of methoxy groups -OCH3 is 1. The van der Waals surface area contributed by atoms with Crippen LogP contribution in [0.3, 0.4) is 0 Å². The van der Waals surface area contributed by atoms with Crippen molar-refractivity contribution in [1.82, 2.24) is 4.90 Å². The predicted molar refractivity (Wildman–Crippen MR) is 122 cm³/mol. The summed E-state index contributed by atoms with van der Waals surface area (Å²) < 4.78 is 17.5. The Balaban J connectivity index is 1.64. The van der Waals surface area contributed by atoms with Crippen molar-refractivity contribution in [3.05, 3.63) is 33.2 Å². The maximum absolute atomic E-state index is 12.9. The number of rotatable bonds is 5. The summed E-state index contributed by atoms with van der Waals surface area (Å²) in [7, 11) is 1.57. The molecule has 4 rings (SSSR count). The first kappa shape index (κ1) is 23.1. The highest BCUT2D eigenvalue weighted by Gasteiger charge is 2.32. The monoisotopic (exact) mass is 457 g/mol. The van der Waals surface area contributed by atoms with Gasteiger partial charge in [-0.2, -0.15) is 0 Å². The lowest BCUT2D eigenvalue weighted by atomic mass is 9.91. The number of benzene rings is 1. The van der Waals surface area contributed by atoms with Gasteiger partial charge in [0, 0.05) is 36.7 Å². The van der Waals surface area contributed by atoms with Crippen molar-refractivity contribution in [2.75, 3.05) is 20.2 Å². The van der Waals surface area contributed by atoms with E-state index in [4.69, 9.17) is 13.9 Å². The van der Waals surface area contributed by atoms with Crippen molar-refractivity contribution >= 4 is 22.8 Å². The van der Waals surface area contributed by atoms with Gasteiger partial charge < -0.3 is 23.9 Å². The van der Waals surface area contributed by atoms with Crippen LogP contribution in [0.1, 0.15) is 56.2 Å². The molecule has 1 N–H and O–H groups in total. The number of ether oxygens (including phenoxy) is 2. The van der Waals surface area contributed by atoms with Gasteiger partial charge in [-0.25, -0.2) is 4.79 Å². The van der Waals surface area contributed by atoms with E-state index >= 15 is 0 Å². The second kappa shape index (κ2) is 8.72. The van der Waals surface area contributed by atoms with Crippen LogP contribution in [0.5, 0.6) is 11.5 Å². The van der Waals surface area contributed by atoms with Crippen LogP contribution in [0.2, 0.25) is 0 Å². The summed E-state index contributed by atoms with van der Waals surface area (Å²) >= 11 is 0. The Morgan fingerprint density at radius 3 is 2.79 bits per heavy atom. The number of likely N-dealkylation sites (tertiary alicyclic amines) is 1. The zero-order valence-corrected chi connectivity index (χ0v) is 19.7. The fourth-order valence-electron chi connectivity index (χ4n) is 4.93. The molecule has 2 aliphatic heterocycles. The van der Waals surface area contributed by atoms with Gasteiger partial charge in [0.25, 0.3) is 0 Å². The minimum absolute atomic E-state index is 0.119. The summed E-state index contributed by atoms with van der Waals surface area (Å²) in [5, 5.41) is 10.00. The summed E-state index contributed by atoms with van der Waals surface area (Å²) in [5.74, 6) is -0.318. The first-order chi connectivity index (χ1) is 15.6. The van der Waals surface area contributed by atoms with Crippen LogP contribution < -0.4 is 15.1 Å². The van der Waals surface area contributed by atoms with E-state index in [-0.39, 0.29) is 30.9 Å². The molecule has 0 bridgehead atoms. The third-order valence-corrected chi connectivity index (χ3v) is 6.87. The summed E-state index contributed by atoms with van der Waals surface area (Å²) in [6, 6.07) is 1.85. The second-order valence-electron chi connectivity index (χ2n) is 9.63. The van der Waals surface area contributed by atoms with Crippen molar-refractivity contribution in [2.24, 2.45) is 5.92 Å². The molecular weight excluding hydrogens is 426 g/mol. The zero-order chi connectivity index (χ0) is 23.9. The molecule has 0 aliphatic carbocycles. The molecule has 0 radical (unpaired) electrons. The zero-order valence-electron chi connectivity index (χ0n) is 19.7. The third kappa shape index (κ3) is 4.43. The molecule has 8 heteroatoms. The average Bonchev–Trinajstić information content (AvgIpc) is 2.77. The molecule has 1 saturated heterocycles. The number of carbonyl (C=O) groups is 2. The van der Waals surface area contributed by atoms with Gasteiger partial charge in [-0.15, -0.1) is 0 Å². The van der Waals surface area contributed by atoms with Gasteiger partial charge in [0.05, 0.1) is 18.4 Å². The van der Waals surface area contributed by atoms with Gasteiger partial charge in [0.2, 0.25) is 5.91 Å². The van der Waals surface area contributed by atoms with Crippen LogP contribution in [0.15, 0.2) is 15.3 Å². The number of nitrogens with zero attached hydrogens (tertiary/aromatic N) is 1. The number of hydrogen-bond acceptors (Lipinski definition) is 6. The van der Waals surface area contributed by atoms with Gasteiger partial charge >= 0.3 is 11.6 Å². The van der Waals surface area contributed by atoms with Gasteiger partial charge in [-0.05, 0) is 58.4 Å². The molecule has 1 aromatic carbocycles. The lowest BCUT2D eigenvalue weighted by Crippen LogP contribution is -2.42. The average molecular weight is 458 g/mol. The smallest absolute Gasteiger partial charge is 0.339 e. The Morgan fingerprint density at radius 1 is 1.33 bits per heavy atom. The van der Waals surface area contributed by atoms with Crippen LogP contribution in [0.4, 0.5) is 0 Å². The molecule has 2 aliphatic rings. The third-order valence-electron chi connectivity index (χ3n) is 6.87. The maximum Gasteiger partial charge on any atom is 0.339 e. The number of carbonyl (C=O) groups excluding carboxylic acids is 1. The second-order valence-corrected chi connectivity index (χ2v) is 9.63. The fraction of sp³-hybridized carbons (Fsp3) is 0.560. The van der Waals surface area contributed by atoms with Crippen molar-refractivity contribution in [2.45, 2.75) is 64.9 Å². The Bertz CT molecular complexity index is 1160. The molecule has 0 unspecified atom stereocenters. The largest absolute Gasteiger partial charge is 0.496 e. The summed E-state index contributed by atoms with van der Waals surface area (Å²) in [5.41, 5.74) is 1.75. The highest BCUT2D eigenvalue weighted by atomic mass is 16.5. The van der Waals surface area contributed by atoms with Crippen LogP contribution >= 0.6 is 0 Å². The van der Waals surface area contributed by atoms with Crippen molar-refractivity contribution in [1.29, 1.82) is 0 Å². The summed E-state index contributed by atoms with van der Waals surface area (Å²) in [6.45, 7) is 6.66. The van der Waals surface area contributed by atoms with E-state index in [9.17, 15) is 19.5 Å². The number of carboxylic acids is 1. The van der Waals surface area contributed by atoms with Crippen molar-refractivity contribution in [3.8, 4) is 11.5 Å². The molecule has 0 saturated carbocycles. The summed E-state index contributed by atoms with van der Waals surface area (Å²) in [6.07, 6.45) is 3.11.